The third-order valence-corrected chi connectivity index (χ3v) is 2.60. The van der Waals surface area contributed by atoms with Crippen LogP contribution in [0, 0.1) is 0 Å². The minimum atomic E-state index is -0.538. The van der Waals surface area contributed by atoms with E-state index in [1.807, 2.05) is 0 Å². The maximum Gasteiger partial charge on any atom is 0.408 e. The van der Waals surface area contributed by atoms with Crippen molar-refractivity contribution in [1.82, 2.24) is 10.2 Å². The van der Waals surface area contributed by atoms with Gasteiger partial charge in [-0.25, -0.2) is 4.79 Å². The van der Waals surface area contributed by atoms with E-state index in [1.165, 1.54) is 0 Å². The van der Waals surface area contributed by atoms with Crippen molar-refractivity contribution in [3.05, 3.63) is 0 Å². The molecule has 2 amide bonds. The Morgan fingerprint density at radius 1 is 1.41 bits per heavy atom. The van der Waals surface area contributed by atoms with Crippen molar-refractivity contribution in [1.29, 1.82) is 0 Å². The van der Waals surface area contributed by atoms with E-state index in [9.17, 15) is 9.59 Å². The third kappa shape index (κ3) is 4.63. The average Bonchev–Trinajstić information content (AvgIpc) is 2.30. The first-order valence-corrected chi connectivity index (χ1v) is 6.04. The van der Waals surface area contributed by atoms with E-state index >= 15 is 0 Å². The van der Waals surface area contributed by atoms with Gasteiger partial charge in [-0.05, 0) is 40.0 Å². The summed E-state index contributed by atoms with van der Waals surface area (Å²) in [6.07, 6.45) is 2.08. The van der Waals surface area contributed by atoms with Crippen molar-refractivity contribution in [3.63, 3.8) is 0 Å². The molecule has 5 nitrogen and oxygen atoms in total. The summed E-state index contributed by atoms with van der Waals surface area (Å²) in [5.74, 6) is -0.0339. The van der Waals surface area contributed by atoms with Crippen LogP contribution in [0.25, 0.3) is 0 Å². The van der Waals surface area contributed by atoms with Gasteiger partial charge < -0.3 is 15.0 Å². The number of nitrogens with one attached hydrogen (secondary N) is 1. The zero-order chi connectivity index (χ0) is 13.1. The fourth-order valence-corrected chi connectivity index (χ4v) is 1.78. The molecule has 1 heterocycles. The number of hydrogen-bond acceptors (Lipinski definition) is 3. The van der Waals surface area contributed by atoms with Crippen LogP contribution >= 0.6 is 0 Å². The van der Waals surface area contributed by atoms with Gasteiger partial charge in [-0.2, -0.15) is 0 Å². The van der Waals surface area contributed by atoms with Gasteiger partial charge in [0.1, 0.15) is 11.6 Å². The Bertz CT molecular complexity index is 297. The lowest BCUT2D eigenvalue weighted by molar-refractivity contribution is -0.131. The van der Waals surface area contributed by atoms with Crippen molar-refractivity contribution < 1.29 is 14.3 Å². The van der Waals surface area contributed by atoms with E-state index < -0.39 is 17.7 Å². The van der Waals surface area contributed by atoms with Crippen LogP contribution in [0.4, 0.5) is 4.79 Å². The maximum atomic E-state index is 11.9. The molecular formula is C12H22N2O3. The number of carbonyl (C=O) groups excluding carboxylic acids is 2. The van der Waals surface area contributed by atoms with Crippen molar-refractivity contribution >= 4 is 12.0 Å². The molecule has 98 valence electrons. The highest BCUT2D eigenvalue weighted by molar-refractivity contribution is 5.85. The number of carbonyl (C=O) groups is 2. The van der Waals surface area contributed by atoms with Crippen LogP contribution in [0.5, 0.6) is 0 Å². The standard InChI is InChI=1S/C12H22N2O3/c1-12(2,3)17-11(16)13-9-7-5-6-8-14(4)10(9)15/h9H,5-8H2,1-4H3,(H,13,16). The van der Waals surface area contributed by atoms with Gasteiger partial charge in [-0.1, -0.05) is 0 Å². The van der Waals surface area contributed by atoms with Crippen molar-refractivity contribution in [2.75, 3.05) is 13.6 Å². The molecular weight excluding hydrogens is 220 g/mol. The number of rotatable bonds is 1. The predicted octanol–water partition coefficient (Wildman–Crippen LogP) is 1.52. The number of amides is 2. The van der Waals surface area contributed by atoms with Crippen LogP contribution in [0.15, 0.2) is 0 Å². The van der Waals surface area contributed by atoms with E-state index in [2.05, 4.69) is 5.32 Å². The summed E-state index contributed by atoms with van der Waals surface area (Å²) in [6.45, 7) is 6.15. The first kappa shape index (κ1) is 13.8. The van der Waals surface area contributed by atoms with E-state index in [1.54, 1.807) is 32.7 Å². The van der Waals surface area contributed by atoms with Crippen LogP contribution in [0.2, 0.25) is 0 Å². The Morgan fingerprint density at radius 2 is 2.06 bits per heavy atom. The minimum Gasteiger partial charge on any atom is -0.444 e. The summed E-state index contributed by atoms with van der Waals surface area (Å²) in [5.41, 5.74) is -0.538. The Hall–Kier alpha value is -1.26. The molecule has 1 saturated heterocycles. The molecule has 0 saturated carbocycles. The Balaban J connectivity index is 2.54. The van der Waals surface area contributed by atoms with Gasteiger partial charge in [0.25, 0.3) is 0 Å². The molecule has 1 rings (SSSR count). The molecule has 5 heteroatoms. The summed E-state index contributed by atoms with van der Waals surface area (Å²) in [7, 11) is 1.76. The van der Waals surface area contributed by atoms with E-state index in [-0.39, 0.29) is 5.91 Å². The van der Waals surface area contributed by atoms with Crippen molar-refractivity contribution in [2.45, 2.75) is 51.7 Å². The second-order valence-electron chi connectivity index (χ2n) is 5.45. The summed E-state index contributed by atoms with van der Waals surface area (Å²) >= 11 is 0. The molecule has 1 fully saturated rings. The Morgan fingerprint density at radius 3 is 2.65 bits per heavy atom. The molecule has 1 aliphatic heterocycles. The zero-order valence-electron chi connectivity index (χ0n) is 11.1. The van der Waals surface area contributed by atoms with Gasteiger partial charge in [0.05, 0.1) is 0 Å². The van der Waals surface area contributed by atoms with Crippen LogP contribution in [0.3, 0.4) is 0 Å². The quantitative estimate of drug-likeness (QED) is 0.758. The smallest absolute Gasteiger partial charge is 0.408 e. The van der Waals surface area contributed by atoms with E-state index in [4.69, 9.17) is 4.74 Å². The van der Waals surface area contributed by atoms with Crippen LogP contribution in [-0.2, 0) is 9.53 Å². The maximum absolute atomic E-state index is 11.9. The highest BCUT2D eigenvalue weighted by atomic mass is 16.6. The largest absolute Gasteiger partial charge is 0.444 e. The van der Waals surface area contributed by atoms with Gasteiger partial charge in [0.15, 0.2) is 0 Å². The molecule has 17 heavy (non-hydrogen) atoms. The number of alkyl carbamates (subject to hydrolysis) is 1. The third-order valence-electron chi connectivity index (χ3n) is 2.60. The highest BCUT2D eigenvalue weighted by Gasteiger charge is 2.27. The lowest BCUT2D eigenvalue weighted by atomic mass is 10.1. The van der Waals surface area contributed by atoms with Gasteiger partial charge >= 0.3 is 6.09 Å². The molecule has 0 aliphatic carbocycles. The molecule has 0 spiro atoms. The molecule has 1 unspecified atom stereocenters. The number of likely N-dealkylation sites (tertiary alicyclic amines) is 1. The number of ether oxygens (including phenoxy) is 1. The monoisotopic (exact) mass is 242 g/mol. The second kappa shape index (κ2) is 5.38. The first-order chi connectivity index (χ1) is 7.79. The van der Waals surface area contributed by atoms with Gasteiger partial charge in [0.2, 0.25) is 5.91 Å². The van der Waals surface area contributed by atoms with E-state index in [0.717, 1.165) is 19.4 Å². The second-order valence-corrected chi connectivity index (χ2v) is 5.45. The topological polar surface area (TPSA) is 58.6 Å². The lowest BCUT2D eigenvalue weighted by Crippen LogP contribution is -2.47. The normalized spacial score (nSPS) is 22.0. The molecule has 1 N–H and O–H groups in total. The molecule has 1 aliphatic rings. The fourth-order valence-electron chi connectivity index (χ4n) is 1.78. The molecule has 0 aromatic carbocycles. The van der Waals surface area contributed by atoms with Crippen molar-refractivity contribution in [2.24, 2.45) is 0 Å². The molecule has 0 aromatic heterocycles. The van der Waals surface area contributed by atoms with Gasteiger partial charge in [0, 0.05) is 13.6 Å². The molecule has 1 atom stereocenters. The van der Waals surface area contributed by atoms with Crippen LogP contribution in [0.1, 0.15) is 40.0 Å². The summed E-state index contributed by atoms with van der Waals surface area (Å²) in [6, 6.07) is -0.447. The highest BCUT2D eigenvalue weighted by Crippen LogP contribution is 2.12. The lowest BCUT2D eigenvalue weighted by Gasteiger charge is -2.24. The fraction of sp³-hybridized carbons (Fsp3) is 0.833. The minimum absolute atomic E-state index is 0.0339. The molecule has 0 bridgehead atoms. The summed E-state index contributed by atoms with van der Waals surface area (Å²) < 4.78 is 5.14. The zero-order valence-corrected chi connectivity index (χ0v) is 11.1. The SMILES string of the molecule is CN1CCCCC(NC(=O)OC(C)(C)C)C1=O. The molecule has 0 aromatic rings. The molecule has 0 radical (unpaired) electrons. The average molecular weight is 242 g/mol. The van der Waals surface area contributed by atoms with Gasteiger partial charge in [-0.3, -0.25) is 4.79 Å². The van der Waals surface area contributed by atoms with Crippen LogP contribution in [-0.4, -0.2) is 42.1 Å². The first-order valence-electron chi connectivity index (χ1n) is 6.04. The number of hydrogen-bond donors (Lipinski definition) is 1. The van der Waals surface area contributed by atoms with Crippen molar-refractivity contribution in [3.8, 4) is 0 Å². The van der Waals surface area contributed by atoms with Gasteiger partial charge in [-0.15, -0.1) is 0 Å². The number of nitrogens with zero attached hydrogens (tertiary/aromatic N) is 1. The summed E-state index contributed by atoms with van der Waals surface area (Å²) in [5, 5.41) is 2.64. The van der Waals surface area contributed by atoms with E-state index in [0.29, 0.717) is 6.42 Å². The predicted molar refractivity (Wildman–Crippen MR) is 64.6 cm³/mol. The van der Waals surface area contributed by atoms with Crippen LogP contribution < -0.4 is 5.32 Å². The number of likely N-dealkylation sites (N-methyl/N-ethyl adjacent to an activating group) is 1. The summed E-state index contributed by atoms with van der Waals surface area (Å²) in [4.78, 5) is 25.2. The Kier molecular flexibility index (Phi) is 4.37. The Labute approximate surface area is 102 Å².